The molecule has 0 amide bonds. The zero-order valence-electron chi connectivity index (χ0n) is 11.2. The highest BCUT2D eigenvalue weighted by molar-refractivity contribution is 5.30. The molecule has 0 fully saturated rings. The Kier molecular flexibility index (Phi) is 5.65. The van der Waals surface area contributed by atoms with Crippen molar-refractivity contribution >= 4 is 0 Å². The summed E-state index contributed by atoms with van der Waals surface area (Å²) < 4.78 is 5.36. The van der Waals surface area contributed by atoms with Gasteiger partial charge in [-0.25, -0.2) is 0 Å². The van der Waals surface area contributed by atoms with Crippen molar-refractivity contribution < 1.29 is 4.74 Å². The topological polar surface area (TPSA) is 33.3 Å². The van der Waals surface area contributed by atoms with Gasteiger partial charge in [-0.3, -0.25) is 0 Å². The summed E-state index contributed by atoms with van der Waals surface area (Å²) in [5, 5.41) is 7.14. The van der Waals surface area contributed by atoms with Crippen LogP contribution in [0.15, 0.2) is 24.3 Å². The molecule has 2 rings (SSSR count). The number of nitrogens with one attached hydrogen (secondary N) is 2. The van der Waals surface area contributed by atoms with Crippen molar-refractivity contribution in [1.82, 2.24) is 10.6 Å². The highest BCUT2D eigenvalue weighted by Crippen LogP contribution is 2.23. The highest BCUT2D eigenvalue weighted by atomic mass is 16.5. The molecule has 0 aliphatic carbocycles. The van der Waals surface area contributed by atoms with Crippen LogP contribution in [0.5, 0.6) is 0 Å². The largest absolute Gasteiger partial charge is 0.382 e. The van der Waals surface area contributed by atoms with Crippen LogP contribution in [-0.2, 0) is 11.3 Å². The van der Waals surface area contributed by atoms with E-state index in [9.17, 15) is 0 Å². The van der Waals surface area contributed by atoms with Gasteiger partial charge in [0, 0.05) is 25.8 Å². The number of hydrogen-bond acceptors (Lipinski definition) is 3. The van der Waals surface area contributed by atoms with Crippen LogP contribution < -0.4 is 10.6 Å². The number of fused-ring (bicyclic) bond motifs is 1. The van der Waals surface area contributed by atoms with Gasteiger partial charge < -0.3 is 15.4 Å². The van der Waals surface area contributed by atoms with E-state index in [1.807, 2.05) is 6.92 Å². The van der Waals surface area contributed by atoms with Crippen LogP contribution in [0.4, 0.5) is 0 Å². The number of benzene rings is 1. The van der Waals surface area contributed by atoms with Crippen molar-refractivity contribution in [2.45, 2.75) is 32.4 Å². The maximum Gasteiger partial charge on any atom is 0.0477 e. The van der Waals surface area contributed by atoms with E-state index in [4.69, 9.17) is 4.74 Å². The van der Waals surface area contributed by atoms with Gasteiger partial charge in [-0.2, -0.15) is 0 Å². The Bertz CT molecular complexity index is 354. The van der Waals surface area contributed by atoms with E-state index in [1.54, 1.807) is 0 Å². The lowest BCUT2D eigenvalue weighted by Gasteiger charge is -2.19. The second-order valence-electron chi connectivity index (χ2n) is 4.72. The minimum atomic E-state index is 0.484. The molecule has 3 nitrogen and oxygen atoms in total. The summed E-state index contributed by atoms with van der Waals surface area (Å²) in [6.07, 6.45) is 2.24. The Labute approximate surface area is 110 Å². The van der Waals surface area contributed by atoms with Crippen molar-refractivity contribution in [1.29, 1.82) is 0 Å². The highest BCUT2D eigenvalue weighted by Gasteiger charge is 2.16. The van der Waals surface area contributed by atoms with E-state index in [-0.39, 0.29) is 0 Å². The second kappa shape index (κ2) is 7.52. The molecule has 3 heteroatoms. The van der Waals surface area contributed by atoms with Crippen LogP contribution >= 0.6 is 0 Å². The molecule has 1 unspecified atom stereocenters. The summed E-state index contributed by atoms with van der Waals surface area (Å²) >= 11 is 0. The van der Waals surface area contributed by atoms with Crippen molar-refractivity contribution in [3.63, 3.8) is 0 Å². The third kappa shape index (κ3) is 3.80. The van der Waals surface area contributed by atoms with Crippen LogP contribution in [0.3, 0.4) is 0 Å². The fourth-order valence-electron chi connectivity index (χ4n) is 2.47. The Balaban J connectivity index is 1.88. The van der Waals surface area contributed by atoms with Gasteiger partial charge in [0.2, 0.25) is 0 Å². The average Bonchev–Trinajstić information content (AvgIpc) is 2.61. The zero-order chi connectivity index (χ0) is 12.6. The summed E-state index contributed by atoms with van der Waals surface area (Å²) in [6, 6.07) is 9.22. The first-order chi connectivity index (χ1) is 8.92. The van der Waals surface area contributed by atoms with Crippen LogP contribution in [0.2, 0.25) is 0 Å². The normalized spacial score (nSPS) is 19.3. The van der Waals surface area contributed by atoms with Crippen molar-refractivity contribution in [2.24, 2.45) is 0 Å². The van der Waals surface area contributed by atoms with E-state index in [0.29, 0.717) is 6.04 Å². The third-order valence-corrected chi connectivity index (χ3v) is 3.42. The van der Waals surface area contributed by atoms with Crippen molar-refractivity contribution in [2.75, 3.05) is 26.3 Å². The second-order valence-corrected chi connectivity index (χ2v) is 4.72. The lowest BCUT2D eigenvalue weighted by molar-refractivity contribution is 0.144. The van der Waals surface area contributed by atoms with Crippen LogP contribution in [0.25, 0.3) is 0 Å². The van der Waals surface area contributed by atoms with Gasteiger partial charge in [-0.1, -0.05) is 24.3 Å². The van der Waals surface area contributed by atoms with E-state index < -0.39 is 0 Å². The Morgan fingerprint density at radius 2 is 2.28 bits per heavy atom. The molecule has 0 spiro atoms. The van der Waals surface area contributed by atoms with Crippen molar-refractivity contribution in [3.05, 3.63) is 35.4 Å². The third-order valence-electron chi connectivity index (χ3n) is 3.42. The molecular weight excluding hydrogens is 224 g/mol. The predicted octanol–water partition coefficient (Wildman–Crippen LogP) is 2.24. The molecule has 1 aliphatic rings. The quantitative estimate of drug-likeness (QED) is 0.758. The maximum atomic E-state index is 5.36. The molecule has 2 N–H and O–H groups in total. The molecule has 1 aliphatic heterocycles. The molecular formula is C15H24N2O. The maximum absolute atomic E-state index is 5.36. The minimum absolute atomic E-state index is 0.484. The first-order valence-corrected chi connectivity index (χ1v) is 7.01. The SMILES string of the molecule is CCOCCCNC1CCNCc2ccccc21. The number of hydrogen-bond donors (Lipinski definition) is 2. The Morgan fingerprint density at radius 3 is 3.17 bits per heavy atom. The summed E-state index contributed by atoms with van der Waals surface area (Å²) in [5.41, 5.74) is 2.89. The van der Waals surface area contributed by atoms with Gasteiger partial charge in [0.1, 0.15) is 0 Å². The molecule has 1 aromatic rings. The molecule has 1 atom stereocenters. The molecule has 100 valence electrons. The molecule has 1 aromatic carbocycles. The number of ether oxygens (including phenoxy) is 1. The molecule has 0 saturated heterocycles. The fraction of sp³-hybridized carbons (Fsp3) is 0.600. The lowest BCUT2D eigenvalue weighted by Crippen LogP contribution is -2.24. The van der Waals surface area contributed by atoms with Gasteiger partial charge in [0.25, 0.3) is 0 Å². The molecule has 0 bridgehead atoms. The minimum Gasteiger partial charge on any atom is -0.382 e. The number of rotatable bonds is 6. The molecule has 0 aromatic heterocycles. The van der Waals surface area contributed by atoms with E-state index in [2.05, 4.69) is 34.9 Å². The zero-order valence-corrected chi connectivity index (χ0v) is 11.2. The predicted molar refractivity (Wildman–Crippen MR) is 74.6 cm³/mol. The van der Waals surface area contributed by atoms with E-state index in [1.165, 1.54) is 11.1 Å². The fourth-order valence-corrected chi connectivity index (χ4v) is 2.47. The molecule has 0 saturated carbocycles. The molecule has 1 heterocycles. The van der Waals surface area contributed by atoms with Crippen LogP contribution in [-0.4, -0.2) is 26.3 Å². The molecule has 18 heavy (non-hydrogen) atoms. The first kappa shape index (κ1) is 13.5. The van der Waals surface area contributed by atoms with Crippen molar-refractivity contribution in [3.8, 4) is 0 Å². The van der Waals surface area contributed by atoms with Gasteiger partial charge in [-0.05, 0) is 44.0 Å². The van der Waals surface area contributed by atoms with Crippen LogP contribution in [0.1, 0.15) is 36.9 Å². The van der Waals surface area contributed by atoms with Gasteiger partial charge in [0.05, 0.1) is 0 Å². The van der Waals surface area contributed by atoms with E-state index >= 15 is 0 Å². The Hall–Kier alpha value is -0.900. The van der Waals surface area contributed by atoms with Gasteiger partial charge >= 0.3 is 0 Å². The molecule has 0 radical (unpaired) electrons. The van der Waals surface area contributed by atoms with Crippen LogP contribution in [0, 0.1) is 0 Å². The summed E-state index contributed by atoms with van der Waals surface area (Å²) in [5.74, 6) is 0. The Morgan fingerprint density at radius 1 is 1.39 bits per heavy atom. The van der Waals surface area contributed by atoms with Gasteiger partial charge in [0.15, 0.2) is 0 Å². The summed E-state index contributed by atoms with van der Waals surface area (Å²) in [6.45, 7) is 6.82. The summed E-state index contributed by atoms with van der Waals surface area (Å²) in [4.78, 5) is 0. The van der Waals surface area contributed by atoms with E-state index in [0.717, 1.165) is 45.7 Å². The smallest absolute Gasteiger partial charge is 0.0477 e. The van der Waals surface area contributed by atoms with Gasteiger partial charge in [-0.15, -0.1) is 0 Å². The summed E-state index contributed by atoms with van der Waals surface area (Å²) in [7, 11) is 0. The first-order valence-electron chi connectivity index (χ1n) is 7.01. The lowest BCUT2D eigenvalue weighted by atomic mass is 9.99. The monoisotopic (exact) mass is 248 g/mol. The standard InChI is InChI=1S/C15H24N2O/c1-2-18-11-5-9-17-15-8-10-16-12-13-6-3-4-7-14(13)15/h3-4,6-7,15-17H,2,5,8-12H2,1H3. The average molecular weight is 248 g/mol.